The standard InChI is InChI=1S/C19H24N2O2S2/c1-19(2,3)25(22)20-18(16-8-13-24-14-16)15-4-6-17(7-5-15)21-9-11-23-12-10-21/h4-8,13-14H,9-12H2,1-3H3/b20-18-. The van der Waals surface area contributed by atoms with Crippen LogP contribution in [0.2, 0.25) is 0 Å². The first-order chi connectivity index (χ1) is 11.9. The monoisotopic (exact) mass is 376 g/mol. The van der Waals surface area contributed by atoms with Gasteiger partial charge in [0.1, 0.15) is 11.0 Å². The van der Waals surface area contributed by atoms with E-state index in [2.05, 4.69) is 38.9 Å². The van der Waals surface area contributed by atoms with Gasteiger partial charge in [0.15, 0.2) is 0 Å². The average Bonchev–Trinajstić information content (AvgIpc) is 3.14. The van der Waals surface area contributed by atoms with Gasteiger partial charge in [0.05, 0.1) is 23.7 Å². The van der Waals surface area contributed by atoms with Crippen molar-refractivity contribution in [3.05, 3.63) is 52.2 Å². The minimum Gasteiger partial charge on any atom is -0.378 e. The summed E-state index contributed by atoms with van der Waals surface area (Å²) in [5, 5.41) is 4.07. The number of anilines is 1. The van der Waals surface area contributed by atoms with Gasteiger partial charge in [-0.15, -0.1) is 0 Å². The second-order valence-electron chi connectivity index (χ2n) is 6.96. The van der Waals surface area contributed by atoms with E-state index in [1.807, 2.05) is 32.2 Å². The van der Waals surface area contributed by atoms with Crippen LogP contribution in [0.4, 0.5) is 5.69 Å². The summed E-state index contributed by atoms with van der Waals surface area (Å²) in [6, 6.07) is 10.4. The van der Waals surface area contributed by atoms with Gasteiger partial charge in [-0.05, 0) is 44.4 Å². The van der Waals surface area contributed by atoms with Gasteiger partial charge in [0, 0.05) is 35.3 Å². The van der Waals surface area contributed by atoms with Gasteiger partial charge < -0.3 is 9.64 Å². The highest BCUT2D eigenvalue weighted by atomic mass is 32.2. The molecule has 0 bridgehead atoms. The third kappa shape index (κ3) is 4.57. The fraction of sp³-hybridized carbons (Fsp3) is 0.421. The van der Waals surface area contributed by atoms with Crippen LogP contribution in [0, 0.1) is 0 Å². The summed E-state index contributed by atoms with van der Waals surface area (Å²) in [6.07, 6.45) is 0. The molecule has 2 aromatic rings. The van der Waals surface area contributed by atoms with E-state index in [0.29, 0.717) is 0 Å². The molecule has 25 heavy (non-hydrogen) atoms. The highest BCUT2D eigenvalue weighted by Gasteiger charge is 2.21. The Labute approximate surface area is 156 Å². The molecule has 0 radical (unpaired) electrons. The first kappa shape index (κ1) is 18.3. The van der Waals surface area contributed by atoms with Crippen molar-refractivity contribution < 1.29 is 8.95 Å². The number of ether oxygens (including phenoxy) is 1. The smallest absolute Gasteiger partial charge is 0.145 e. The molecule has 3 rings (SSSR count). The first-order valence-electron chi connectivity index (χ1n) is 8.41. The summed E-state index contributed by atoms with van der Waals surface area (Å²) in [5.74, 6) is 0. The normalized spacial score (nSPS) is 17.6. The van der Waals surface area contributed by atoms with Crippen molar-refractivity contribution in [3.8, 4) is 0 Å². The van der Waals surface area contributed by atoms with Crippen LogP contribution in [0.1, 0.15) is 31.9 Å². The van der Waals surface area contributed by atoms with Crippen LogP contribution >= 0.6 is 11.3 Å². The van der Waals surface area contributed by atoms with Crippen LogP contribution in [0.5, 0.6) is 0 Å². The Bertz CT molecular complexity index is 741. The molecule has 0 aliphatic carbocycles. The van der Waals surface area contributed by atoms with Crippen LogP contribution in [0.3, 0.4) is 0 Å². The minimum absolute atomic E-state index is 0.380. The van der Waals surface area contributed by atoms with E-state index in [4.69, 9.17) is 4.74 Å². The topological polar surface area (TPSA) is 41.9 Å². The van der Waals surface area contributed by atoms with Gasteiger partial charge in [-0.1, -0.05) is 12.1 Å². The van der Waals surface area contributed by atoms with E-state index in [0.717, 1.165) is 43.1 Å². The molecule has 1 aliphatic rings. The highest BCUT2D eigenvalue weighted by Crippen LogP contribution is 2.22. The summed E-state index contributed by atoms with van der Waals surface area (Å²) in [4.78, 5) is 2.32. The van der Waals surface area contributed by atoms with Gasteiger partial charge in [0.25, 0.3) is 0 Å². The lowest BCUT2D eigenvalue weighted by Crippen LogP contribution is -2.36. The SMILES string of the molecule is CC(C)(C)S(=O)/N=C(/c1ccc(N2CCOCC2)cc1)c1ccsc1. The molecule has 0 spiro atoms. The maximum Gasteiger partial charge on any atom is 0.145 e. The fourth-order valence-electron chi connectivity index (χ4n) is 2.54. The molecular formula is C19H24N2O2S2. The van der Waals surface area contributed by atoms with Gasteiger partial charge >= 0.3 is 0 Å². The minimum atomic E-state index is -1.30. The van der Waals surface area contributed by atoms with Gasteiger partial charge in [-0.25, -0.2) is 4.21 Å². The maximum absolute atomic E-state index is 12.6. The van der Waals surface area contributed by atoms with Crippen LogP contribution in [0.15, 0.2) is 45.5 Å². The first-order valence-corrected chi connectivity index (χ1v) is 10.5. The van der Waals surface area contributed by atoms with Crippen molar-refractivity contribution in [2.45, 2.75) is 25.5 Å². The number of hydrogen-bond donors (Lipinski definition) is 0. The van der Waals surface area contributed by atoms with Crippen molar-refractivity contribution in [2.75, 3.05) is 31.2 Å². The fourth-order valence-corrected chi connectivity index (χ4v) is 3.83. The Balaban J connectivity index is 1.91. The van der Waals surface area contributed by atoms with Crippen molar-refractivity contribution >= 4 is 33.7 Å². The highest BCUT2D eigenvalue weighted by molar-refractivity contribution is 7.85. The molecule has 1 atom stereocenters. The van der Waals surface area contributed by atoms with Crippen molar-refractivity contribution in [3.63, 3.8) is 0 Å². The van der Waals surface area contributed by atoms with Crippen molar-refractivity contribution in [2.24, 2.45) is 4.40 Å². The molecule has 1 unspecified atom stereocenters. The number of rotatable bonds is 4. The zero-order chi connectivity index (χ0) is 17.9. The second-order valence-corrected chi connectivity index (χ2v) is 9.65. The Hall–Kier alpha value is -1.50. The Morgan fingerprint density at radius 2 is 1.80 bits per heavy atom. The largest absolute Gasteiger partial charge is 0.378 e. The van der Waals surface area contributed by atoms with E-state index < -0.39 is 11.0 Å². The predicted octanol–water partition coefficient (Wildman–Crippen LogP) is 3.88. The van der Waals surface area contributed by atoms with E-state index in [1.54, 1.807) is 11.3 Å². The van der Waals surface area contributed by atoms with Crippen LogP contribution in [0.25, 0.3) is 0 Å². The Morgan fingerprint density at radius 3 is 2.36 bits per heavy atom. The van der Waals surface area contributed by atoms with Crippen LogP contribution < -0.4 is 4.90 Å². The predicted molar refractivity (Wildman–Crippen MR) is 107 cm³/mol. The molecule has 2 heterocycles. The van der Waals surface area contributed by atoms with E-state index >= 15 is 0 Å². The maximum atomic E-state index is 12.6. The molecule has 6 heteroatoms. The van der Waals surface area contributed by atoms with Gasteiger partial charge in [0.2, 0.25) is 0 Å². The second kappa shape index (κ2) is 7.81. The summed E-state index contributed by atoms with van der Waals surface area (Å²) in [7, 11) is -1.30. The Kier molecular flexibility index (Phi) is 5.71. The lowest BCUT2D eigenvalue weighted by molar-refractivity contribution is 0.122. The lowest BCUT2D eigenvalue weighted by atomic mass is 10.0. The molecule has 0 saturated carbocycles. The molecule has 1 saturated heterocycles. The van der Waals surface area contributed by atoms with E-state index in [1.165, 1.54) is 5.69 Å². The number of thiophene rings is 1. The molecule has 1 aromatic heterocycles. The van der Waals surface area contributed by atoms with E-state index in [9.17, 15) is 4.21 Å². The molecule has 1 fully saturated rings. The zero-order valence-electron chi connectivity index (χ0n) is 14.9. The molecule has 1 aliphatic heterocycles. The average molecular weight is 377 g/mol. The van der Waals surface area contributed by atoms with Gasteiger partial charge in [-0.2, -0.15) is 15.7 Å². The third-order valence-corrected chi connectivity index (χ3v) is 6.09. The third-order valence-electron chi connectivity index (χ3n) is 4.01. The van der Waals surface area contributed by atoms with Crippen molar-refractivity contribution in [1.29, 1.82) is 0 Å². The zero-order valence-corrected chi connectivity index (χ0v) is 16.5. The number of hydrogen-bond acceptors (Lipinski definition) is 4. The number of benzene rings is 1. The summed E-state index contributed by atoms with van der Waals surface area (Å²) >= 11 is 1.62. The van der Waals surface area contributed by atoms with Gasteiger partial charge in [-0.3, -0.25) is 0 Å². The lowest BCUT2D eigenvalue weighted by Gasteiger charge is -2.29. The number of nitrogens with zero attached hydrogens (tertiary/aromatic N) is 2. The summed E-state index contributed by atoms with van der Waals surface area (Å²) < 4.78 is 22.2. The molecule has 0 amide bonds. The molecular weight excluding hydrogens is 352 g/mol. The Morgan fingerprint density at radius 1 is 1.12 bits per heavy atom. The van der Waals surface area contributed by atoms with Crippen LogP contribution in [-0.2, 0) is 15.7 Å². The van der Waals surface area contributed by atoms with Crippen LogP contribution in [-0.4, -0.2) is 41.0 Å². The molecule has 134 valence electrons. The summed E-state index contributed by atoms with van der Waals surface area (Å²) in [6.45, 7) is 9.21. The van der Waals surface area contributed by atoms with E-state index in [-0.39, 0.29) is 4.75 Å². The quantitative estimate of drug-likeness (QED) is 0.761. The number of morpholine rings is 1. The molecule has 1 aromatic carbocycles. The molecule has 0 N–H and O–H groups in total. The van der Waals surface area contributed by atoms with Crippen molar-refractivity contribution in [1.82, 2.24) is 0 Å². The summed E-state index contributed by atoms with van der Waals surface area (Å²) in [5.41, 5.74) is 3.99. The molecule has 4 nitrogen and oxygen atoms in total.